The molecule has 24 heavy (non-hydrogen) atoms. The number of carbonyl (C=O) groups excluding carboxylic acids is 2. The molecular formula is C16H17ClN2O5. The Kier molecular flexibility index (Phi) is 3.49. The van der Waals surface area contributed by atoms with Crippen molar-refractivity contribution >= 4 is 29.1 Å². The highest BCUT2D eigenvalue weighted by atomic mass is 35.5. The van der Waals surface area contributed by atoms with Crippen molar-refractivity contribution in [2.24, 2.45) is 0 Å². The number of hydrogen-bond donors (Lipinski definition) is 1. The smallest absolute Gasteiger partial charge is 0.252 e. The van der Waals surface area contributed by atoms with E-state index in [1.54, 1.807) is 36.9 Å². The van der Waals surface area contributed by atoms with Gasteiger partial charge in [-0.3, -0.25) is 9.59 Å². The second kappa shape index (κ2) is 5.34. The Labute approximate surface area is 143 Å². The predicted molar refractivity (Wildman–Crippen MR) is 85.1 cm³/mol. The van der Waals surface area contributed by atoms with E-state index in [-0.39, 0.29) is 11.8 Å². The topological polar surface area (TPSA) is 77.1 Å². The van der Waals surface area contributed by atoms with Crippen molar-refractivity contribution in [2.75, 3.05) is 18.1 Å². The van der Waals surface area contributed by atoms with Gasteiger partial charge in [-0.05, 0) is 26.0 Å². The molecule has 0 unspecified atom stereocenters. The molecule has 2 amide bonds. The van der Waals surface area contributed by atoms with Crippen molar-refractivity contribution in [1.29, 1.82) is 0 Å². The molecule has 1 aromatic carbocycles. The highest BCUT2D eigenvalue weighted by Crippen LogP contribution is 2.39. The summed E-state index contributed by atoms with van der Waals surface area (Å²) < 4.78 is 16.9. The van der Waals surface area contributed by atoms with Crippen LogP contribution in [0, 0.1) is 0 Å². The van der Waals surface area contributed by atoms with Gasteiger partial charge in [-0.1, -0.05) is 17.7 Å². The van der Waals surface area contributed by atoms with Crippen LogP contribution < -0.4 is 15.0 Å². The molecular weight excluding hydrogens is 336 g/mol. The van der Waals surface area contributed by atoms with Gasteiger partial charge in [-0.2, -0.15) is 0 Å². The second-order valence-electron chi connectivity index (χ2n) is 6.43. The number of rotatable bonds is 1. The SMILES string of the molecule is CC1(C)O[C@H]2[C@@H](C(=O)N3CCOc4c(Cl)cccc43)NC(=O)[C@H]2O1. The highest BCUT2D eigenvalue weighted by molar-refractivity contribution is 6.32. The maximum atomic E-state index is 13.1. The number of amides is 2. The zero-order valence-electron chi connectivity index (χ0n) is 13.2. The lowest BCUT2D eigenvalue weighted by atomic mass is 10.1. The van der Waals surface area contributed by atoms with Crippen LogP contribution in [0.2, 0.25) is 5.02 Å². The monoisotopic (exact) mass is 352 g/mol. The number of para-hydroxylation sites is 1. The minimum Gasteiger partial charge on any atom is -0.488 e. The minimum atomic E-state index is -0.891. The number of halogens is 1. The van der Waals surface area contributed by atoms with Crippen LogP contribution in [0.4, 0.5) is 5.69 Å². The fourth-order valence-corrected chi connectivity index (χ4v) is 3.59. The summed E-state index contributed by atoms with van der Waals surface area (Å²) in [6.45, 7) is 4.16. The van der Waals surface area contributed by atoms with E-state index < -0.39 is 24.0 Å². The molecule has 8 heteroatoms. The summed E-state index contributed by atoms with van der Waals surface area (Å²) in [5, 5.41) is 3.13. The van der Waals surface area contributed by atoms with E-state index in [0.29, 0.717) is 29.6 Å². The largest absolute Gasteiger partial charge is 0.488 e. The Morgan fingerprint density at radius 1 is 1.38 bits per heavy atom. The summed E-state index contributed by atoms with van der Waals surface area (Å²) in [6, 6.07) is 4.43. The maximum Gasteiger partial charge on any atom is 0.252 e. The molecule has 0 bridgehead atoms. The summed E-state index contributed by atoms with van der Waals surface area (Å²) in [7, 11) is 0. The number of nitrogens with one attached hydrogen (secondary N) is 1. The van der Waals surface area contributed by atoms with Crippen molar-refractivity contribution in [1.82, 2.24) is 5.32 Å². The molecule has 3 atom stereocenters. The van der Waals surface area contributed by atoms with Gasteiger partial charge in [0.05, 0.1) is 17.3 Å². The molecule has 3 heterocycles. The molecule has 4 rings (SSSR count). The van der Waals surface area contributed by atoms with E-state index in [1.165, 1.54) is 0 Å². The van der Waals surface area contributed by atoms with Gasteiger partial charge >= 0.3 is 0 Å². The Bertz CT molecular complexity index is 722. The fraction of sp³-hybridized carbons (Fsp3) is 0.500. The lowest BCUT2D eigenvalue weighted by molar-refractivity contribution is -0.164. The van der Waals surface area contributed by atoms with E-state index >= 15 is 0 Å². The van der Waals surface area contributed by atoms with E-state index in [0.717, 1.165) is 0 Å². The lowest BCUT2D eigenvalue weighted by Crippen LogP contribution is -2.52. The third-order valence-electron chi connectivity index (χ3n) is 4.34. The summed E-state index contributed by atoms with van der Waals surface area (Å²) in [5.41, 5.74) is 0.592. The molecule has 1 N–H and O–H groups in total. The number of benzene rings is 1. The quantitative estimate of drug-likeness (QED) is 0.818. The summed E-state index contributed by atoms with van der Waals surface area (Å²) in [4.78, 5) is 26.7. The van der Waals surface area contributed by atoms with Crippen LogP contribution in [0.15, 0.2) is 18.2 Å². The van der Waals surface area contributed by atoms with Crippen molar-refractivity contribution < 1.29 is 23.8 Å². The Balaban J connectivity index is 1.64. The van der Waals surface area contributed by atoms with Crippen LogP contribution in [-0.4, -0.2) is 49.0 Å². The summed E-state index contributed by atoms with van der Waals surface area (Å²) in [6.07, 6.45) is -1.42. The Morgan fingerprint density at radius 3 is 2.96 bits per heavy atom. The first kappa shape index (κ1) is 15.7. The molecule has 128 valence electrons. The number of ether oxygens (including phenoxy) is 3. The first-order chi connectivity index (χ1) is 11.4. The van der Waals surface area contributed by atoms with Gasteiger partial charge in [0.2, 0.25) is 0 Å². The van der Waals surface area contributed by atoms with Crippen LogP contribution in [0.1, 0.15) is 13.8 Å². The van der Waals surface area contributed by atoms with E-state index in [4.69, 9.17) is 25.8 Å². The Hall–Kier alpha value is -1.83. The van der Waals surface area contributed by atoms with Gasteiger partial charge in [0, 0.05) is 0 Å². The molecule has 0 saturated carbocycles. The molecule has 2 saturated heterocycles. The van der Waals surface area contributed by atoms with Crippen LogP contribution in [0.3, 0.4) is 0 Å². The second-order valence-corrected chi connectivity index (χ2v) is 6.84. The van der Waals surface area contributed by atoms with E-state index in [1.807, 2.05) is 0 Å². The standard InChI is InChI=1S/C16H17ClN2O5/c1-16(2)23-12-10(18-14(20)13(12)24-16)15(21)19-6-7-22-11-8(17)4-3-5-9(11)19/h3-5,10,12-13H,6-7H2,1-2H3,(H,18,20)/t10-,12-,13-/m0/s1. The fourth-order valence-electron chi connectivity index (χ4n) is 3.36. The molecule has 0 aromatic heterocycles. The summed E-state index contributed by atoms with van der Waals surface area (Å²) >= 11 is 6.14. The van der Waals surface area contributed by atoms with Crippen molar-refractivity contribution in [3.63, 3.8) is 0 Å². The van der Waals surface area contributed by atoms with Gasteiger partial charge in [-0.15, -0.1) is 0 Å². The van der Waals surface area contributed by atoms with Crippen molar-refractivity contribution in [3.8, 4) is 5.75 Å². The van der Waals surface area contributed by atoms with Crippen LogP contribution in [-0.2, 0) is 19.1 Å². The number of anilines is 1. The van der Waals surface area contributed by atoms with Crippen LogP contribution in [0.25, 0.3) is 0 Å². The zero-order chi connectivity index (χ0) is 17.1. The maximum absolute atomic E-state index is 13.1. The molecule has 3 aliphatic heterocycles. The normalized spacial score (nSPS) is 30.4. The first-order valence-corrected chi connectivity index (χ1v) is 8.14. The average molecular weight is 353 g/mol. The molecule has 0 spiro atoms. The van der Waals surface area contributed by atoms with E-state index in [2.05, 4.69) is 5.32 Å². The van der Waals surface area contributed by atoms with Gasteiger partial charge < -0.3 is 24.4 Å². The molecule has 2 fully saturated rings. The number of hydrogen-bond acceptors (Lipinski definition) is 5. The number of nitrogens with zero attached hydrogens (tertiary/aromatic N) is 1. The molecule has 3 aliphatic rings. The molecule has 7 nitrogen and oxygen atoms in total. The third-order valence-corrected chi connectivity index (χ3v) is 4.64. The number of fused-ring (bicyclic) bond motifs is 2. The van der Waals surface area contributed by atoms with Gasteiger partial charge in [0.1, 0.15) is 18.8 Å². The minimum absolute atomic E-state index is 0.260. The van der Waals surface area contributed by atoms with Gasteiger partial charge in [-0.25, -0.2) is 0 Å². The van der Waals surface area contributed by atoms with Crippen molar-refractivity contribution in [3.05, 3.63) is 23.2 Å². The molecule has 0 aliphatic carbocycles. The molecule has 1 aromatic rings. The lowest BCUT2D eigenvalue weighted by Gasteiger charge is -2.32. The van der Waals surface area contributed by atoms with Crippen LogP contribution >= 0.6 is 11.6 Å². The van der Waals surface area contributed by atoms with E-state index in [9.17, 15) is 9.59 Å². The highest BCUT2D eigenvalue weighted by Gasteiger charge is 2.57. The van der Waals surface area contributed by atoms with Crippen LogP contribution in [0.5, 0.6) is 5.75 Å². The number of carbonyl (C=O) groups is 2. The summed E-state index contributed by atoms with van der Waals surface area (Å²) in [5.74, 6) is -1.01. The van der Waals surface area contributed by atoms with Crippen molar-refractivity contribution in [2.45, 2.75) is 37.9 Å². The average Bonchev–Trinajstić information content (AvgIpc) is 3.01. The predicted octanol–water partition coefficient (Wildman–Crippen LogP) is 1.08. The first-order valence-electron chi connectivity index (χ1n) is 7.76. The van der Waals surface area contributed by atoms with Gasteiger partial charge in [0.25, 0.3) is 11.8 Å². The zero-order valence-corrected chi connectivity index (χ0v) is 14.0. The van der Waals surface area contributed by atoms with Gasteiger partial charge in [0.15, 0.2) is 17.6 Å². The third kappa shape index (κ3) is 2.35. The molecule has 0 radical (unpaired) electrons. The Morgan fingerprint density at radius 2 is 2.17 bits per heavy atom.